The molecule has 1 rings (SSSR count). The van der Waals surface area contributed by atoms with Gasteiger partial charge in [0.2, 0.25) is 0 Å². The molecule has 2 N–H and O–H groups in total. The molecule has 7 heteroatoms. The van der Waals surface area contributed by atoms with E-state index < -0.39 is 12.2 Å². The van der Waals surface area contributed by atoms with E-state index >= 15 is 0 Å². The highest BCUT2D eigenvalue weighted by atomic mass is 19.3. The molecular weight excluding hydrogens is 328 g/mol. The minimum absolute atomic E-state index is 0.137. The van der Waals surface area contributed by atoms with Crippen LogP contribution in [0.25, 0.3) is 0 Å². The van der Waals surface area contributed by atoms with Crippen LogP contribution in [0.3, 0.4) is 0 Å². The molecular formula is C18H29F2N3O2. The highest BCUT2D eigenvalue weighted by molar-refractivity contribution is 5.79. The lowest BCUT2D eigenvalue weighted by Crippen LogP contribution is -2.40. The minimum Gasteiger partial charge on any atom is -0.435 e. The maximum atomic E-state index is 12.2. The number of hydrogen-bond donors (Lipinski definition) is 2. The zero-order valence-electron chi connectivity index (χ0n) is 15.4. The molecule has 0 saturated heterocycles. The van der Waals surface area contributed by atoms with E-state index in [1.165, 1.54) is 12.1 Å². The van der Waals surface area contributed by atoms with Crippen molar-refractivity contribution in [2.75, 3.05) is 20.1 Å². The molecule has 0 aliphatic carbocycles. The van der Waals surface area contributed by atoms with Gasteiger partial charge in [-0.25, -0.2) is 0 Å². The van der Waals surface area contributed by atoms with Gasteiger partial charge in [0.25, 0.3) is 0 Å². The highest BCUT2D eigenvalue weighted by Crippen LogP contribution is 2.17. The van der Waals surface area contributed by atoms with Gasteiger partial charge >= 0.3 is 6.61 Å². The van der Waals surface area contributed by atoms with Crippen molar-refractivity contribution in [1.29, 1.82) is 0 Å². The summed E-state index contributed by atoms with van der Waals surface area (Å²) in [6.45, 7) is 4.63. The molecule has 0 aliphatic rings. The fourth-order valence-corrected chi connectivity index (χ4v) is 2.29. The standard InChI is InChI=1S/C18H29F2N3O2/c1-5-18(24,6-2)13-22-17(21-7-3)23(4)12-14-8-10-15(11-9-14)25-16(19)20/h8-11,16,24H,5-7,12-13H2,1-4H3,(H,21,22). The Bertz CT molecular complexity index is 532. The van der Waals surface area contributed by atoms with Gasteiger partial charge < -0.3 is 20.1 Å². The maximum Gasteiger partial charge on any atom is 0.387 e. The molecule has 0 spiro atoms. The second-order valence-electron chi connectivity index (χ2n) is 5.98. The van der Waals surface area contributed by atoms with Crippen LogP contribution in [0.5, 0.6) is 5.75 Å². The Balaban J connectivity index is 2.77. The minimum atomic E-state index is -2.82. The third-order valence-electron chi connectivity index (χ3n) is 4.10. The van der Waals surface area contributed by atoms with Crippen molar-refractivity contribution in [3.05, 3.63) is 29.8 Å². The SMILES string of the molecule is CCNC(=NCC(O)(CC)CC)N(C)Cc1ccc(OC(F)F)cc1. The predicted octanol–water partition coefficient (Wildman–Crippen LogP) is 3.24. The topological polar surface area (TPSA) is 57.1 Å². The van der Waals surface area contributed by atoms with E-state index in [4.69, 9.17) is 0 Å². The first kappa shape index (κ1) is 21.2. The van der Waals surface area contributed by atoms with Crippen LogP contribution in [0, 0.1) is 0 Å². The number of nitrogens with one attached hydrogen (secondary N) is 1. The van der Waals surface area contributed by atoms with Gasteiger partial charge in [-0.05, 0) is 37.5 Å². The summed E-state index contributed by atoms with van der Waals surface area (Å²) >= 11 is 0. The molecule has 0 aromatic heterocycles. The van der Waals surface area contributed by atoms with E-state index in [1.807, 2.05) is 32.7 Å². The number of hydrogen-bond acceptors (Lipinski definition) is 3. The molecule has 1 aromatic rings. The van der Waals surface area contributed by atoms with Gasteiger partial charge in [0.05, 0.1) is 12.1 Å². The van der Waals surface area contributed by atoms with Crippen molar-refractivity contribution >= 4 is 5.96 Å². The lowest BCUT2D eigenvalue weighted by Gasteiger charge is -2.26. The van der Waals surface area contributed by atoms with Crippen LogP contribution >= 0.6 is 0 Å². The lowest BCUT2D eigenvalue weighted by molar-refractivity contribution is -0.0498. The lowest BCUT2D eigenvalue weighted by atomic mass is 9.98. The van der Waals surface area contributed by atoms with Crippen LogP contribution in [0.2, 0.25) is 0 Å². The number of rotatable bonds is 9. The summed E-state index contributed by atoms with van der Waals surface area (Å²) in [6, 6.07) is 6.52. The smallest absolute Gasteiger partial charge is 0.387 e. The molecule has 0 atom stereocenters. The Hall–Kier alpha value is -1.89. The van der Waals surface area contributed by atoms with Gasteiger partial charge in [0.15, 0.2) is 5.96 Å². The summed E-state index contributed by atoms with van der Waals surface area (Å²) < 4.78 is 28.7. The largest absolute Gasteiger partial charge is 0.435 e. The third-order valence-corrected chi connectivity index (χ3v) is 4.10. The number of aliphatic imine (C=N–C) groups is 1. The van der Waals surface area contributed by atoms with Crippen molar-refractivity contribution in [2.24, 2.45) is 4.99 Å². The summed E-state index contributed by atoms with van der Waals surface area (Å²) in [6.07, 6.45) is 1.28. The molecule has 0 bridgehead atoms. The average molecular weight is 357 g/mol. The molecule has 0 amide bonds. The van der Waals surface area contributed by atoms with E-state index in [1.54, 1.807) is 12.1 Å². The van der Waals surface area contributed by atoms with Gasteiger partial charge in [-0.15, -0.1) is 0 Å². The number of benzene rings is 1. The van der Waals surface area contributed by atoms with Crippen LogP contribution in [-0.2, 0) is 6.54 Å². The quantitative estimate of drug-likeness (QED) is 0.526. The fraction of sp³-hybridized carbons (Fsp3) is 0.611. The molecule has 1 aromatic carbocycles. The molecule has 0 unspecified atom stereocenters. The van der Waals surface area contributed by atoms with Gasteiger partial charge in [0, 0.05) is 20.1 Å². The zero-order chi connectivity index (χ0) is 18.9. The van der Waals surface area contributed by atoms with Gasteiger partial charge in [-0.2, -0.15) is 8.78 Å². The Morgan fingerprint density at radius 2 is 1.84 bits per heavy atom. The number of guanidine groups is 1. The molecule has 0 aliphatic heterocycles. The van der Waals surface area contributed by atoms with Crippen LogP contribution in [-0.4, -0.2) is 48.3 Å². The molecule has 0 heterocycles. The Labute approximate surface area is 148 Å². The molecule has 0 radical (unpaired) electrons. The van der Waals surface area contributed by atoms with Crippen molar-refractivity contribution in [3.63, 3.8) is 0 Å². The van der Waals surface area contributed by atoms with Crippen LogP contribution in [0.1, 0.15) is 39.2 Å². The van der Waals surface area contributed by atoms with Crippen molar-refractivity contribution in [2.45, 2.75) is 52.4 Å². The van der Waals surface area contributed by atoms with E-state index in [0.717, 1.165) is 5.56 Å². The van der Waals surface area contributed by atoms with Gasteiger partial charge in [0.1, 0.15) is 5.75 Å². The number of aliphatic hydroxyl groups is 1. The second kappa shape index (κ2) is 10.2. The predicted molar refractivity (Wildman–Crippen MR) is 96.1 cm³/mol. The molecule has 0 saturated carbocycles. The van der Waals surface area contributed by atoms with Crippen molar-refractivity contribution in [3.8, 4) is 5.75 Å². The molecule has 142 valence electrons. The van der Waals surface area contributed by atoms with Crippen molar-refractivity contribution in [1.82, 2.24) is 10.2 Å². The molecule has 5 nitrogen and oxygen atoms in total. The number of ether oxygens (including phenoxy) is 1. The normalized spacial score (nSPS) is 12.4. The van der Waals surface area contributed by atoms with Gasteiger partial charge in [-0.3, -0.25) is 4.99 Å². The second-order valence-corrected chi connectivity index (χ2v) is 5.98. The first-order chi connectivity index (χ1) is 11.8. The van der Waals surface area contributed by atoms with E-state index in [9.17, 15) is 13.9 Å². The number of halogens is 2. The summed E-state index contributed by atoms with van der Waals surface area (Å²) in [5, 5.41) is 13.6. The first-order valence-electron chi connectivity index (χ1n) is 8.59. The summed E-state index contributed by atoms with van der Waals surface area (Å²) in [5.41, 5.74) is 0.145. The number of nitrogens with zero attached hydrogens (tertiary/aromatic N) is 2. The van der Waals surface area contributed by atoms with Crippen LogP contribution in [0.4, 0.5) is 8.78 Å². The summed E-state index contributed by atoms with van der Waals surface area (Å²) in [7, 11) is 1.89. The molecule has 0 fully saturated rings. The van der Waals surface area contributed by atoms with Crippen LogP contribution < -0.4 is 10.1 Å². The summed E-state index contributed by atoms with van der Waals surface area (Å²) in [5.74, 6) is 0.827. The monoisotopic (exact) mass is 357 g/mol. The Kier molecular flexibility index (Phi) is 8.61. The average Bonchev–Trinajstić information content (AvgIpc) is 2.59. The maximum absolute atomic E-state index is 12.2. The Morgan fingerprint density at radius 1 is 1.24 bits per heavy atom. The molecule has 25 heavy (non-hydrogen) atoms. The highest BCUT2D eigenvalue weighted by Gasteiger charge is 2.22. The zero-order valence-corrected chi connectivity index (χ0v) is 15.4. The van der Waals surface area contributed by atoms with E-state index in [2.05, 4.69) is 15.0 Å². The van der Waals surface area contributed by atoms with E-state index in [-0.39, 0.29) is 5.75 Å². The van der Waals surface area contributed by atoms with Crippen LogP contribution in [0.15, 0.2) is 29.3 Å². The van der Waals surface area contributed by atoms with E-state index in [0.29, 0.717) is 38.4 Å². The number of alkyl halides is 2. The first-order valence-corrected chi connectivity index (χ1v) is 8.59. The third kappa shape index (κ3) is 7.25. The van der Waals surface area contributed by atoms with Gasteiger partial charge in [-0.1, -0.05) is 26.0 Å². The van der Waals surface area contributed by atoms with Crippen molar-refractivity contribution < 1.29 is 18.6 Å². The Morgan fingerprint density at radius 3 is 2.32 bits per heavy atom. The summed E-state index contributed by atoms with van der Waals surface area (Å²) in [4.78, 5) is 6.47. The fourth-order valence-electron chi connectivity index (χ4n) is 2.29.